The van der Waals surface area contributed by atoms with Crippen molar-refractivity contribution < 1.29 is 9.53 Å². The van der Waals surface area contributed by atoms with Crippen molar-refractivity contribution >= 4 is 11.6 Å². The highest BCUT2D eigenvalue weighted by Gasteiger charge is 2.11. The van der Waals surface area contributed by atoms with E-state index in [1.807, 2.05) is 31.2 Å². The Bertz CT molecular complexity index is 391. The SMILES string of the molecule is CC[C@H](N)C(=O)Nc1cccc(OCC(C)C)c1. The fourth-order valence-corrected chi connectivity index (χ4v) is 1.35. The molecular weight excluding hydrogens is 228 g/mol. The number of hydrogen-bond donors (Lipinski definition) is 2. The lowest BCUT2D eigenvalue weighted by atomic mass is 10.2. The molecule has 0 saturated heterocycles. The lowest BCUT2D eigenvalue weighted by Crippen LogP contribution is -2.34. The Kier molecular flexibility index (Phi) is 5.65. The van der Waals surface area contributed by atoms with Crippen LogP contribution in [0.3, 0.4) is 0 Å². The van der Waals surface area contributed by atoms with Crippen molar-refractivity contribution in [2.75, 3.05) is 11.9 Å². The van der Waals surface area contributed by atoms with Gasteiger partial charge in [0.2, 0.25) is 5.91 Å². The Labute approximate surface area is 109 Å². The second-order valence-corrected chi connectivity index (χ2v) is 4.74. The summed E-state index contributed by atoms with van der Waals surface area (Å²) in [6.45, 7) is 6.72. The van der Waals surface area contributed by atoms with Crippen LogP contribution in [0.5, 0.6) is 5.75 Å². The molecule has 100 valence electrons. The van der Waals surface area contributed by atoms with Gasteiger partial charge in [-0.3, -0.25) is 4.79 Å². The Morgan fingerprint density at radius 3 is 2.78 bits per heavy atom. The van der Waals surface area contributed by atoms with Crippen LogP contribution in [-0.4, -0.2) is 18.6 Å². The predicted octanol–water partition coefficient (Wildman–Crippen LogP) is 2.40. The summed E-state index contributed by atoms with van der Waals surface area (Å²) < 4.78 is 5.59. The van der Waals surface area contributed by atoms with Crippen LogP contribution in [0.4, 0.5) is 5.69 Å². The van der Waals surface area contributed by atoms with Crippen LogP contribution in [-0.2, 0) is 4.79 Å². The molecular formula is C14H22N2O2. The van der Waals surface area contributed by atoms with Crippen LogP contribution in [0.1, 0.15) is 27.2 Å². The first-order valence-corrected chi connectivity index (χ1v) is 6.32. The zero-order valence-electron chi connectivity index (χ0n) is 11.3. The van der Waals surface area contributed by atoms with Crippen LogP contribution in [0.2, 0.25) is 0 Å². The van der Waals surface area contributed by atoms with Crippen molar-refractivity contribution in [2.24, 2.45) is 11.7 Å². The summed E-state index contributed by atoms with van der Waals surface area (Å²) in [6, 6.07) is 6.89. The molecule has 1 aromatic carbocycles. The largest absolute Gasteiger partial charge is 0.493 e. The van der Waals surface area contributed by atoms with Gasteiger partial charge in [0.1, 0.15) is 5.75 Å². The molecule has 4 nitrogen and oxygen atoms in total. The normalized spacial score (nSPS) is 12.3. The van der Waals surface area contributed by atoms with Crippen molar-refractivity contribution in [3.63, 3.8) is 0 Å². The molecule has 1 aromatic rings. The number of rotatable bonds is 6. The first kappa shape index (κ1) is 14.5. The highest BCUT2D eigenvalue weighted by atomic mass is 16.5. The Hall–Kier alpha value is -1.55. The average molecular weight is 250 g/mol. The molecule has 0 aliphatic heterocycles. The van der Waals surface area contributed by atoms with Crippen molar-refractivity contribution in [2.45, 2.75) is 33.2 Å². The maximum atomic E-state index is 11.6. The summed E-state index contributed by atoms with van der Waals surface area (Å²) in [5, 5.41) is 2.78. The smallest absolute Gasteiger partial charge is 0.241 e. The number of carbonyl (C=O) groups excluding carboxylic acids is 1. The van der Waals surface area contributed by atoms with E-state index in [0.29, 0.717) is 24.6 Å². The van der Waals surface area contributed by atoms with Gasteiger partial charge in [-0.25, -0.2) is 0 Å². The fraction of sp³-hybridized carbons (Fsp3) is 0.500. The molecule has 0 spiro atoms. The number of anilines is 1. The van der Waals surface area contributed by atoms with E-state index in [1.54, 1.807) is 0 Å². The van der Waals surface area contributed by atoms with E-state index in [-0.39, 0.29) is 5.91 Å². The third kappa shape index (κ3) is 4.75. The van der Waals surface area contributed by atoms with Crippen LogP contribution in [0, 0.1) is 5.92 Å². The quantitative estimate of drug-likeness (QED) is 0.814. The van der Waals surface area contributed by atoms with Gasteiger partial charge in [0.15, 0.2) is 0 Å². The summed E-state index contributed by atoms with van der Waals surface area (Å²) in [5.74, 6) is 1.06. The number of benzene rings is 1. The maximum Gasteiger partial charge on any atom is 0.241 e. The standard InChI is InChI=1S/C14H22N2O2/c1-4-13(15)14(17)16-11-6-5-7-12(8-11)18-9-10(2)3/h5-8,10,13H,4,9,15H2,1-3H3,(H,16,17)/t13-/m0/s1. The molecule has 0 bridgehead atoms. The number of ether oxygens (including phenoxy) is 1. The van der Waals surface area contributed by atoms with Gasteiger partial charge in [-0.1, -0.05) is 26.8 Å². The number of hydrogen-bond acceptors (Lipinski definition) is 3. The molecule has 0 fully saturated rings. The summed E-state index contributed by atoms with van der Waals surface area (Å²) in [6.07, 6.45) is 0.620. The van der Waals surface area contributed by atoms with E-state index in [9.17, 15) is 4.79 Å². The third-order valence-electron chi connectivity index (χ3n) is 2.46. The number of amides is 1. The van der Waals surface area contributed by atoms with E-state index < -0.39 is 6.04 Å². The van der Waals surface area contributed by atoms with E-state index in [1.165, 1.54) is 0 Å². The minimum atomic E-state index is -0.467. The number of nitrogens with two attached hydrogens (primary N) is 1. The van der Waals surface area contributed by atoms with Gasteiger partial charge in [-0.05, 0) is 24.5 Å². The molecule has 18 heavy (non-hydrogen) atoms. The van der Waals surface area contributed by atoms with Crippen LogP contribution in [0.25, 0.3) is 0 Å². The topological polar surface area (TPSA) is 64.4 Å². The molecule has 0 aliphatic rings. The van der Waals surface area contributed by atoms with Crippen LogP contribution in [0.15, 0.2) is 24.3 Å². The van der Waals surface area contributed by atoms with Gasteiger partial charge in [-0.15, -0.1) is 0 Å². The van der Waals surface area contributed by atoms with E-state index in [2.05, 4.69) is 19.2 Å². The minimum Gasteiger partial charge on any atom is -0.493 e. The Morgan fingerprint density at radius 1 is 1.44 bits per heavy atom. The molecule has 0 unspecified atom stereocenters. The molecule has 0 aliphatic carbocycles. The lowest BCUT2D eigenvalue weighted by Gasteiger charge is -2.12. The van der Waals surface area contributed by atoms with Gasteiger partial charge < -0.3 is 15.8 Å². The minimum absolute atomic E-state index is 0.168. The maximum absolute atomic E-state index is 11.6. The molecule has 3 N–H and O–H groups in total. The average Bonchev–Trinajstić information content (AvgIpc) is 2.35. The Balaban J connectivity index is 2.61. The lowest BCUT2D eigenvalue weighted by molar-refractivity contribution is -0.117. The summed E-state index contributed by atoms with van der Waals surface area (Å²) in [4.78, 5) is 11.6. The van der Waals surface area contributed by atoms with Crippen LogP contribution >= 0.6 is 0 Å². The van der Waals surface area contributed by atoms with Gasteiger partial charge >= 0.3 is 0 Å². The predicted molar refractivity (Wildman–Crippen MR) is 73.7 cm³/mol. The first-order valence-electron chi connectivity index (χ1n) is 6.32. The van der Waals surface area contributed by atoms with Crippen molar-refractivity contribution in [3.8, 4) is 5.75 Å². The molecule has 0 aromatic heterocycles. The third-order valence-corrected chi connectivity index (χ3v) is 2.46. The summed E-state index contributed by atoms with van der Waals surface area (Å²) >= 11 is 0. The zero-order valence-corrected chi connectivity index (χ0v) is 11.3. The van der Waals surface area contributed by atoms with E-state index in [4.69, 9.17) is 10.5 Å². The van der Waals surface area contributed by atoms with Gasteiger partial charge in [0.05, 0.1) is 12.6 Å². The molecule has 0 heterocycles. The number of carbonyl (C=O) groups is 1. The highest BCUT2D eigenvalue weighted by Crippen LogP contribution is 2.18. The van der Waals surface area contributed by atoms with Crippen molar-refractivity contribution in [1.29, 1.82) is 0 Å². The molecule has 1 rings (SSSR count). The van der Waals surface area contributed by atoms with Crippen LogP contribution < -0.4 is 15.8 Å². The molecule has 0 radical (unpaired) electrons. The number of nitrogens with one attached hydrogen (secondary N) is 1. The molecule has 4 heteroatoms. The monoisotopic (exact) mass is 250 g/mol. The Morgan fingerprint density at radius 2 is 2.17 bits per heavy atom. The molecule has 1 atom stereocenters. The van der Waals surface area contributed by atoms with E-state index in [0.717, 1.165) is 5.75 Å². The second kappa shape index (κ2) is 7.01. The highest BCUT2D eigenvalue weighted by molar-refractivity contribution is 5.94. The zero-order chi connectivity index (χ0) is 13.5. The van der Waals surface area contributed by atoms with Crippen molar-refractivity contribution in [1.82, 2.24) is 0 Å². The molecule has 0 saturated carbocycles. The van der Waals surface area contributed by atoms with Gasteiger partial charge in [0.25, 0.3) is 0 Å². The summed E-state index contributed by atoms with van der Waals surface area (Å²) in [7, 11) is 0. The fourth-order valence-electron chi connectivity index (χ4n) is 1.35. The van der Waals surface area contributed by atoms with E-state index >= 15 is 0 Å². The van der Waals surface area contributed by atoms with Crippen molar-refractivity contribution in [3.05, 3.63) is 24.3 Å². The molecule has 1 amide bonds. The summed E-state index contributed by atoms with van der Waals surface area (Å²) in [5.41, 5.74) is 6.37. The van der Waals surface area contributed by atoms with Gasteiger partial charge in [-0.2, -0.15) is 0 Å². The van der Waals surface area contributed by atoms with Gasteiger partial charge in [0, 0.05) is 11.8 Å². The second-order valence-electron chi connectivity index (χ2n) is 4.74. The first-order chi connectivity index (χ1) is 8.52.